The number of hydrogen-bond acceptors (Lipinski definition) is 1. The van der Waals surface area contributed by atoms with Gasteiger partial charge in [0.1, 0.15) is 0 Å². The number of benzene rings is 3. The molecule has 0 bridgehead atoms. The van der Waals surface area contributed by atoms with Crippen molar-refractivity contribution in [2.45, 2.75) is 39.0 Å². The van der Waals surface area contributed by atoms with Crippen molar-refractivity contribution in [1.82, 2.24) is 4.98 Å². The van der Waals surface area contributed by atoms with Crippen molar-refractivity contribution < 1.29 is 20.1 Å². The maximum Gasteiger partial charge on any atom is 0.0166 e. The Balaban J connectivity index is 0.00000272. The van der Waals surface area contributed by atoms with E-state index in [4.69, 9.17) is 0 Å². The van der Waals surface area contributed by atoms with E-state index in [1.807, 2.05) is 18.3 Å². The van der Waals surface area contributed by atoms with E-state index in [1.54, 1.807) is 0 Å². The van der Waals surface area contributed by atoms with Crippen molar-refractivity contribution in [2.24, 2.45) is 0 Å². The number of rotatable bonds is 8. The molecule has 0 fully saturated rings. The van der Waals surface area contributed by atoms with Crippen molar-refractivity contribution in [1.29, 1.82) is 0 Å². The quantitative estimate of drug-likeness (QED) is 0.152. The van der Waals surface area contributed by atoms with Gasteiger partial charge in [0.25, 0.3) is 0 Å². The Morgan fingerprint density at radius 1 is 0.710 bits per heavy atom. The van der Waals surface area contributed by atoms with Crippen LogP contribution < -0.4 is 0 Å². The summed E-state index contributed by atoms with van der Waals surface area (Å²) in [5.74, 6) is 0. The topological polar surface area (TPSA) is 12.9 Å². The summed E-state index contributed by atoms with van der Waals surface area (Å²) >= 11 is 0. The standard InChI is InChI=1S/C29H28N.Ir/c1-2-3-4-6-10-23-15-17-25(18-16-23)26-13-9-14-28(21-26)29-22-27(19-20-30-29)24-11-7-5-8-12-24;/h5,7-9,11-13,15-22H,2-4,6,10H2,1H3;/q-1;. The fraction of sp³-hybridized carbons (Fsp3) is 0.207. The van der Waals surface area contributed by atoms with Gasteiger partial charge in [0, 0.05) is 26.3 Å². The predicted octanol–water partition coefficient (Wildman–Crippen LogP) is 8.00. The second kappa shape index (κ2) is 11.7. The molecule has 4 rings (SSSR count). The van der Waals surface area contributed by atoms with E-state index in [-0.39, 0.29) is 20.1 Å². The molecule has 0 saturated heterocycles. The number of nitrogens with zero attached hydrogens (tertiary/aromatic N) is 1. The molecular formula is C29H28IrN-. The number of aryl methyl sites for hydroxylation is 1. The molecular weight excluding hydrogens is 555 g/mol. The molecule has 3 aromatic carbocycles. The van der Waals surface area contributed by atoms with Gasteiger partial charge in [-0.3, -0.25) is 0 Å². The van der Waals surface area contributed by atoms with Crippen molar-refractivity contribution in [3.05, 3.63) is 103 Å². The largest absolute Gasteiger partial charge is 0.305 e. The molecule has 0 amide bonds. The van der Waals surface area contributed by atoms with E-state index in [2.05, 4.69) is 90.8 Å². The summed E-state index contributed by atoms with van der Waals surface area (Å²) in [6.45, 7) is 2.26. The molecule has 31 heavy (non-hydrogen) atoms. The minimum Gasteiger partial charge on any atom is -0.305 e. The third-order valence-electron chi connectivity index (χ3n) is 5.55. The maximum atomic E-state index is 4.60. The first-order valence-corrected chi connectivity index (χ1v) is 11.0. The molecule has 4 aromatic rings. The first-order chi connectivity index (χ1) is 14.8. The summed E-state index contributed by atoms with van der Waals surface area (Å²) in [7, 11) is 0. The molecule has 0 N–H and O–H groups in total. The number of hydrogen-bond donors (Lipinski definition) is 0. The third-order valence-corrected chi connectivity index (χ3v) is 5.55. The summed E-state index contributed by atoms with van der Waals surface area (Å²) < 4.78 is 0. The zero-order valence-electron chi connectivity index (χ0n) is 18.0. The van der Waals surface area contributed by atoms with E-state index in [0.29, 0.717) is 0 Å². The Labute approximate surface area is 199 Å². The van der Waals surface area contributed by atoms with Gasteiger partial charge >= 0.3 is 0 Å². The maximum absolute atomic E-state index is 4.60. The second-order valence-electron chi connectivity index (χ2n) is 7.79. The predicted molar refractivity (Wildman–Crippen MR) is 127 cm³/mol. The van der Waals surface area contributed by atoms with Crippen LogP contribution >= 0.6 is 0 Å². The van der Waals surface area contributed by atoms with Gasteiger partial charge in [0.15, 0.2) is 0 Å². The Morgan fingerprint density at radius 2 is 1.45 bits per heavy atom. The SMILES string of the molecule is CCCCCCc1ccc(-c2cc[c-]c(-c3cc(-c4ccccc4)ccn3)c2)cc1.[Ir]. The van der Waals surface area contributed by atoms with Crippen molar-refractivity contribution in [3.63, 3.8) is 0 Å². The molecule has 159 valence electrons. The molecule has 0 spiro atoms. The van der Waals surface area contributed by atoms with Gasteiger partial charge in [-0.25, -0.2) is 0 Å². The van der Waals surface area contributed by atoms with E-state index in [9.17, 15) is 0 Å². The van der Waals surface area contributed by atoms with Gasteiger partial charge in [-0.15, -0.1) is 35.4 Å². The van der Waals surface area contributed by atoms with Gasteiger partial charge in [0.2, 0.25) is 0 Å². The summed E-state index contributed by atoms with van der Waals surface area (Å²) in [5.41, 5.74) is 8.21. The Morgan fingerprint density at radius 3 is 2.23 bits per heavy atom. The fourth-order valence-corrected chi connectivity index (χ4v) is 3.80. The molecule has 1 aromatic heterocycles. The van der Waals surface area contributed by atoms with Crippen LogP contribution in [0, 0.1) is 6.07 Å². The molecule has 0 unspecified atom stereocenters. The van der Waals surface area contributed by atoms with Crippen molar-refractivity contribution in [2.75, 3.05) is 0 Å². The van der Waals surface area contributed by atoms with Crippen LogP contribution in [0.2, 0.25) is 0 Å². The van der Waals surface area contributed by atoms with E-state index in [0.717, 1.165) is 11.3 Å². The molecule has 1 radical (unpaired) electrons. The number of aromatic nitrogens is 1. The normalized spacial score (nSPS) is 10.5. The van der Waals surface area contributed by atoms with Gasteiger partial charge in [-0.1, -0.05) is 86.8 Å². The summed E-state index contributed by atoms with van der Waals surface area (Å²) in [6, 6.07) is 33.3. The van der Waals surface area contributed by atoms with Crippen LogP contribution in [0.25, 0.3) is 33.5 Å². The molecule has 0 saturated carbocycles. The molecule has 1 heterocycles. The molecule has 0 aliphatic heterocycles. The van der Waals surface area contributed by atoms with E-state index in [1.165, 1.54) is 59.9 Å². The molecule has 0 atom stereocenters. The van der Waals surface area contributed by atoms with E-state index < -0.39 is 0 Å². The summed E-state index contributed by atoms with van der Waals surface area (Å²) in [5, 5.41) is 0. The van der Waals surface area contributed by atoms with Gasteiger partial charge in [-0.2, -0.15) is 0 Å². The van der Waals surface area contributed by atoms with Gasteiger partial charge in [-0.05, 0) is 46.9 Å². The fourth-order valence-electron chi connectivity index (χ4n) is 3.80. The van der Waals surface area contributed by atoms with Crippen LogP contribution in [0.5, 0.6) is 0 Å². The average Bonchev–Trinajstić information content (AvgIpc) is 2.83. The first kappa shape index (κ1) is 23.1. The van der Waals surface area contributed by atoms with Crippen LogP contribution in [0.1, 0.15) is 38.2 Å². The average molecular weight is 583 g/mol. The summed E-state index contributed by atoms with van der Waals surface area (Å²) in [4.78, 5) is 4.60. The smallest absolute Gasteiger partial charge is 0.0166 e. The Hall–Kier alpha value is -2.54. The van der Waals surface area contributed by atoms with Crippen LogP contribution in [-0.2, 0) is 26.5 Å². The van der Waals surface area contributed by atoms with Gasteiger partial charge in [0.05, 0.1) is 0 Å². The molecule has 0 aliphatic carbocycles. The zero-order chi connectivity index (χ0) is 20.6. The third kappa shape index (κ3) is 6.23. The zero-order valence-corrected chi connectivity index (χ0v) is 20.4. The van der Waals surface area contributed by atoms with Crippen molar-refractivity contribution >= 4 is 0 Å². The molecule has 1 nitrogen and oxygen atoms in total. The summed E-state index contributed by atoms with van der Waals surface area (Å²) in [6.07, 6.45) is 8.28. The molecule has 0 aliphatic rings. The Kier molecular flexibility index (Phi) is 8.76. The first-order valence-electron chi connectivity index (χ1n) is 11.0. The number of unbranched alkanes of at least 4 members (excludes halogenated alkanes) is 3. The van der Waals surface area contributed by atoms with Crippen LogP contribution in [0.3, 0.4) is 0 Å². The molecule has 2 heteroatoms. The Bertz CT molecular complexity index is 1070. The van der Waals surface area contributed by atoms with Crippen molar-refractivity contribution in [3.8, 4) is 33.5 Å². The van der Waals surface area contributed by atoms with E-state index >= 15 is 0 Å². The monoisotopic (exact) mass is 583 g/mol. The number of pyridine rings is 1. The van der Waals surface area contributed by atoms with Crippen LogP contribution in [0.15, 0.2) is 91.1 Å². The van der Waals surface area contributed by atoms with Crippen LogP contribution in [-0.4, -0.2) is 4.98 Å². The second-order valence-corrected chi connectivity index (χ2v) is 7.79. The van der Waals surface area contributed by atoms with Gasteiger partial charge < -0.3 is 4.98 Å². The minimum absolute atomic E-state index is 0. The van der Waals surface area contributed by atoms with Crippen LogP contribution in [0.4, 0.5) is 0 Å². The minimum atomic E-state index is 0.